The largest absolute Gasteiger partial charge is 0.440 e. The quantitative estimate of drug-likeness (QED) is 0.534. The number of rotatable bonds is 2. The summed E-state index contributed by atoms with van der Waals surface area (Å²) in [6, 6.07) is 15.5. The molecule has 1 aliphatic rings. The van der Waals surface area contributed by atoms with E-state index in [4.69, 9.17) is 16.0 Å². The second-order valence-electron chi connectivity index (χ2n) is 6.95. The number of halogens is 1. The fourth-order valence-electron chi connectivity index (χ4n) is 3.81. The van der Waals surface area contributed by atoms with Gasteiger partial charge in [-0.25, -0.2) is 4.98 Å². The Hall–Kier alpha value is -2.79. The molecule has 0 saturated carbocycles. The van der Waals surface area contributed by atoms with Crippen LogP contribution in [0.2, 0.25) is 5.02 Å². The molecule has 1 N–H and O–H groups in total. The van der Waals surface area contributed by atoms with Crippen LogP contribution in [-0.2, 0) is 0 Å². The smallest absolute Gasteiger partial charge is 0.271 e. The molecule has 1 fully saturated rings. The zero-order valence-corrected chi connectivity index (χ0v) is 15.4. The molecule has 6 heteroatoms. The number of amides is 1. The Morgan fingerprint density at radius 1 is 1.11 bits per heavy atom. The number of nitrogens with one attached hydrogen (secondary N) is 1. The maximum absolute atomic E-state index is 12.9. The number of likely N-dealkylation sites (tertiary alicyclic amines) is 1. The highest BCUT2D eigenvalue weighted by molar-refractivity contribution is 6.38. The van der Waals surface area contributed by atoms with Gasteiger partial charge < -0.3 is 14.3 Å². The minimum atomic E-state index is -0.0489. The second kappa shape index (κ2) is 6.43. The number of nitrogens with zero attached hydrogens (tertiary/aromatic N) is 2. The van der Waals surface area contributed by atoms with Crippen LogP contribution in [0.5, 0.6) is 0 Å². The molecule has 0 spiro atoms. The van der Waals surface area contributed by atoms with Crippen molar-refractivity contribution in [3.05, 3.63) is 65.1 Å². The fourth-order valence-corrected chi connectivity index (χ4v) is 4.10. The van der Waals surface area contributed by atoms with E-state index < -0.39 is 0 Å². The van der Waals surface area contributed by atoms with Gasteiger partial charge in [0.1, 0.15) is 11.2 Å². The topological polar surface area (TPSA) is 62.1 Å². The first-order chi connectivity index (χ1) is 13.2. The Balaban J connectivity index is 1.33. The summed E-state index contributed by atoms with van der Waals surface area (Å²) in [6.45, 7) is 1.32. The third-order valence-electron chi connectivity index (χ3n) is 5.30. The highest BCUT2D eigenvalue weighted by atomic mass is 35.5. The van der Waals surface area contributed by atoms with Gasteiger partial charge in [-0.05, 0) is 31.0 Å². The van der Waals surface area contributed by atoms with Gasteiger partial charge in [0.05, 0.1) is 5.02 Å². The maximum atomic E-state index is 12.9. The van der Waals surface area contributed by atoms with Gasteiger partial charge >= 0.3 is 0 Å². The summed E-state index contributed by atoms with van der Waals surface area (Å²) in [6.07, 6.45) is 1.66. The predicted octanol–water partition coefficient (Wildman–Crippen LogP) is 4.98. The number of para-hydroxylation sites is 3. The molecule has 136 valence electrons. The van der Waals surface area contributed by atoms with E-state index >= 15 is 0 Å². The van der Waals surface area contributed by atoms with Crippen molar-refractivity contribution in [3.8, 4) is 0 Å². The lowest BCUT2D eigenvalue weighted by Crippen LogP contribution is -2.38. The minimum absolute atomic E-state index is 0.0489. The standard InChI is InChI=1S/C21H18ClN3O2/c22-18-14-5-1-2-6-15(14)23-19(18)21(26)25-11-9-13(10-12-25)20-24-16-7-3-4-8-17(16)27-20/h1-8,13,23H,9-12H2. The van der Waals surface area contributed by atoms with Crippen LogP contribution in [0, 0.1) is 0 Å². The summed E-state index contributed by atoms with van der Waals surface area (Å²) >= 11 is 6.44. The molecule has 1 amide bonds. The van der Waals surface area contributed by atoms with E-state index in [9.17, 15) is 4.79 Å². The monoisotopic (exact) mass is 379 g/mol. The van der Waals surface area contributed by atoms with E-state index in [0.29, 0.717) is 23.8 Å². The number of oxazole rings is 1. The van der Waals surface area contributed by atoms with Crippen LogP contribution in [0.1, 0.15) is 35.1 Å². The van der Waals surface area contributed by atoms with Crippen molar-refractivity contribution in [2.24, 2.45) is 0 Å². The molecule has 0 unspecified atom stereocenters. The van der Waals surface area contributed by atoms with Gasteiger partial charge in [-0.2, -0.15) is 0 Å². The SMILES string of the molecule is O=C(c1[nH]c2ccccc2c1Cl)N1CCC(c2nc3ccccc3o2)CC1. The van der Waals surface area contributed by atoms with Crippen molar-refractivity contribution in [1.82, 2.24) is 14.9 Å². The average Bonchev–Trinajstić information content (AvgIpc) is 3.29. The number of carbonyl (C=O) groups excluding carboxylic acids is 1. The summed E-state index contributed by atoms with van der Waals surface area (Å²) in [5.41, 5.74) is 3.05. The van der Waals surface area contributed by atoms with E-state index in [1.54, 1.807) is 0 Å². The molecule has 5 nitrogen and oxygen atoms in total. The summed E-state index contributed by atoms with van der Waals surface area (Å²) < 4.78 is 5.91. The highest BCUT2D eigenvalue weighted by Crippen LogP contribution is 2.32. The summed E-state index contributed by atoms with van der Waals surface area (Å²) in [7, 11) is 0. The number of hydrogen-bond acceptors (Lipinski definition) is 3. The molecule has 5 rings (SSSR count). The third-order valence-corrected chi connectivity index (χ3v) is 5.69. The van der Waals surface area contributed by atoms with Crippen LogP contribution in [0.15, 0.2) is 52.9 Å². The molecule has 3 heterocycles. The van der Waals surface area contributed by atoms with Gasteiger partial charge in [-0.15, -0.1) is 0 Å². The summed E-state index contributed by atoms with van der Waals surface area (Å²) in [5, 5.41) is 1.38. The lowest BCUT2D eigenvalue weighted by atomic mass is 9.96. The number of carbonyl (C=O) groups is 1. The van der Waals surface area contributed by atoms with E-state index in [1.165, 1.54) is 0 Å². The first kappa shape index (κ1) is 16.4. The lowest BCUT2D eigenvalue weighted by molar-refractivity contribution is 0.0702. The normalized spacial score (nSPS) is 15.7. The molecule has 2 aromatic heterocycles. The number of aromatic amines is 1. The Kier molecular flexibility index (Phi) is 3.90. The second-order valence-corrected chi connectivity index (χ2v) is 7.32. The van der Waals surface area contributed by atoms with Crippen LogP contribution in [0.4, 0.5) is 0 Å². The van der Waals surface area contributed by atoms with E-state index in [1.807, 2.05) is 53.4 Å². The van der Waals surface area contributed by atoms with Crippen molar-refractivity contribution < 1.29 is 9.21 Å². The molecule has 1 aliphatic heterocycles. The number of H-pyrrole nitrogens is 1. The fraction of sp³-hybridized carbons (Fsp3) is 0.238. The maximum Gasteiger partial charge on any atom is 0.271 e. The zero-order chi connectivity index (χ0) is 18.4. The van der Waals surface area contributed by atoms with Crippen molar-refractivity contribution >= 4 is 39.5 Å². The van der Waals surface area contributed by atoms with Gasteiger partial charge in [-0.1, -0.05) is 41.9 Å². The molecule has 0 bridgehead atoms. The number of fused-ring (bicyclic) bond motifs is 2. The van der Waals surface area contributed by atoms with E-state index in [-0.39, 0.29) is 11.8 Å². The average molecular weight is 380 g/mol. The van der Waals surface area contributed by atoms with Crippen molar-refractivity contribution in [2.45, 2.75) is 18.8 Å². The molecular formula is C21H18ClN3O2. The molecule has 0 radical (unpaired) electrons. The van der Waals surface area contributed by atoms with Gasteiger partial charge in [-0.3, -0.25) is 4.79 Å². The van der Waals surface area contributed by atoms with Crippen molar-refractivity contribution in [1.29, 1.82) is 0 Å². The molecule has 0 aliphatic carbocycles. The van der Waals surface area contributed by atoms with Crippen LogP contribution >= 0.6 is 11.6 Å². The van der Waals surface area contributed by atoms with E-state index in [2.05, 4.69) is 9.97 Å². The third kappa shape index (κ3) is 2.79. The van der Waals surface area contributed by atoms with Crippen LogP contribution in [0.3, 0.4) is 0 Å². The lowest BCUT2D eigenvalue weighted by Gasteiger charge is -2.30. The number of benzene rings is 2. The van der Waals surface area contributed by atoms with Crippen LogP contribution in [-0.4, -0.2) is 33.9 Å². The Morgan fingerprint density at radius 2 is 1.85 bits per heavy atom. The molecule has 4 aromatic rings. The number of piperidine rings is 1. The van der Waals surface area contributed by atoms with Crippen molar-refractivity contribution in [2.75, 3.05) is 13.1 Å². The number of hydrogen-bond donors (Lipinski definition) is 1. The molecule has 27 heavy (non-hydrogen) atoms. The summed E-state index contributed by atoms with van der Waals surface area (Å²) in [5.74, 6) is 0.957. The highest BCUT2D eigenvalue weighted by Gasteiger charge is 2.29. The molecule has 1 saturated heterocycles. The predicted molar refractivity (Wildman–Crippen MR) is 105 cm³/mol. The van der Waals surface area contributed by atoms with E-state index in [0.717, 1.165) is 40.7 Å². The van der Waals surface area contributed by atoms with Crippen molar-refractivity contribution in [3.63, 3.8) is 0 Å². The number of aromatic nitrogens is 2. The Labute approximate surface area is 160 Å². The zero-order valence-electron chi connectivity index (χ0n) is 14.6. The van der Waals surface area contributed by atoms with Crippen LogP contribution in [0.25, 0.3) is 22.0 Å². The first-order valence-electron chi connectivity index (χ1n) is 9.11. The first-order valence-corrected chi connectivity index (χ1v) is 9.49. The van der Waals surface area contributed by atoms with Gasteiger partial charge in [0, 0.05) is 29.9 Å². The minimum Gasteiger partial charge on any atom is -0.440 e. The van der Waals surface area contributed by atoms with Crippen LogP contribution < -0.4 is 0 Å². The van der Waals surface area contributed by atoms with Gasteiger partial charge in [0.15, 0.2) is 11.5 Å². The van der Waals surface area contributed by atoms with Gasteiger partial charge in [0.25, 0.3) is 5.91 Å². The summed E-state index contributed by atoms with van der Waals surface area (Å²) in [4.78, 5) is 22.6. The molecule has 0 atom stereocenters. The Bertz CT molecular complexity index is 1110. The molecule has 2 aromatic carbocycles. The molecular weight excluding hydrogens is 362 g/mol. The Morgan fingerprint density at radius 3 is 2.63 bits per heavy atom. The van der Waals surface area contributed by atoms with Gasteiger partial charge in [0.2, 0.25) is 0 Å².